The SMILES string of the molecule is O=C(O)[N+]1(CO)CC=CC1. The number of hydrogen-bond donors (Lipinski definition) is 2. The Morgan fingerprint density at radius 2 is 2.00 bits per heavy atom. The third-order valence-electron chi connectivity index (χ3n) is 1.75. The molecule has 0 fully saturated rings. The lowest BCUT2D eigenvalue weighted by Crippen LogP contribution is -2.50. The van der Waals surface area contributed by atoms with Gasteiger partial charge in [0.1, 0.15) is 13.1 Å². The first-order valence-corrected chi connectivity index (χ1v) is 3.07. The molecule has 0 aromatic heterocycles. The highest BCUT2D eigenvalue weighted by molar-refractivity contribution is 5.57. The van der Waals surface area contributed by atoms with Gasteiger partial charge in [-0.05, 0) is 12.2 Å². The van der Waals surface area contributed by atoms with Crippen LogP contribution in [-0.4, -0.2) is 40.6 Å². The van der Waals surface area contributed by atoms with Gasteiger partial charge in [0.15, 0.2) is 6.73 Å². The summed E-state index contributed by atoms with van der Waals surface area (Å²) in [5.41, 5.74) is 0. The maximum atomic E-state index is 10.5. The highest BCUT2D eigenvalue weighted by Gasteiger charge is 2.36. The number of quaternary nitrogens is 1. The lowest BCUT2D eigenvalue weighted by atomic mass is 10.5. The number of aliphatic hydroxyl groups is 1. The second-order valence-corrected chi connectivity index (χ2v) is 2.41. The normalized spacial score (nSPS) is 21.3. The number of amides is 1. The first kappa shape index (κ1) is 7.24. The lowest BCUT2D eigenvalue weighted by Gasteiger charge is -2.23. The summed E-state index contributed by atoms with van der Waals surface area (Å²) >= 11 is 0. The molecule has 0 aromatic rings. The van der Waals surface area contributed by atoms with Crippen molar-refractivity contribution in [3.8, 4) is 0 Å². The van der Waals surface area contributed by atoms with Gasteiger partial charge in [-0.2, -0.15) is 9.28 Å². The van der Waals surface area contributed by atoms with E-state index in [1.165, 1.54) is 0 Å². The molecule has 1 heterocycles. The van der Waals surface area contributed by atoms with Crippen LogP contribution in [0.5, 0.6) is 0 Å². The van der Waals surface area contributed by atoms with Crippen molar-refractivity contribution in [3.63, 3.8) is 0 Å². The van der Waals surface area contributed by atoms with E-state index >= 15 is 0 Å². The van der Waals surface area contributed by atoms with E-state index in [1.54, 1.807) is 12.2 Å². The van der Waals surface area contributed by atoms with Gasteiger partial charge in [-0.3, -0.25) is 0 Å². The number of hydrogen-bond acceptors (Lipinski definition) is 2. The van der Waals surface area contributed by atoms with Crippen LogP contribution in [-0.2, 0) is 0 Å². The summed E-state index contributed by atoms with van der Waals surface area (Å²) in [4.78, 5) is 10.5. The van der Waals surface area contributed by atoms with Crippen molar-refractivity contribution in [2.24, 2.45) is 0 Å². The topological polar surface area (TPSA) is 57.5 Å². The second-order valence-electron chi connectivity index (χ2n) is 2.41. The second kappa shape index (κ2) is 2.40. The van der Waals surface area contributed by atoms with Gasteiger partial charge in [0.05, 0.1) is 0 Å². The Morgan fingerprint density at radius 1 is 1.50 bits per heavy atom. The maximum absolute atomic E-state index is 10.5. The van der Waals surface area contributed by atoms with Crippen LogP contribution >= 0.6 is 0 Å². The van der Waals surface area contributed by atoms with Crippen LogP contribution in [0, 0.1) is 0 Å². The summed E-state index contributed by atoms with van der Waals surface area (Å²) in [6, 6.07) is 0. The van der Waals surface area contributed by atoms with E-state index in [2.05, 4.69) is 0 Å². The number of nitrogens with zero attached hydrogens (tertiary/aromatic N) is 1. The Labute approximate surface area is 58.6 Å². The Bertz CT molecular complexity index is 168. The molecule has 2 N–H and O–H groups in total. The Balaban J connectivity index is 2.70. The van der Waals surface area contributed by atoms with E-state index in [1.807, 2.05) is 0 Å². The Morgan fingerprint density at radius 3 is 2.20 bits per heavy atom. The third-order valence-corrected chi connectivity index (χ3v) is 1.75. The van der Waals surface area contributed by atoms with Crippen molar-refractivity contribution >= 4 is 6.09 Å². The highest BCUT2D eigenvalue weighted by atomic mass is 16.4. The average Bonchev–Trinajstić information content (AvgIpc) is 2.35. The largest absolute Gasteiger partial charge is 0.516 e. The van der Waals surface area contributed by atoms with Gasteiger partial charge in [-0.1, -0.05) is 0 Å². The molecule has 1 aliphatic rings. The van der Waals surface area contributed by atoms with Gasteiger partial charge in [0.2, 0.25) is 0 Å². The van der Waals surface area contributed by atoms with Crippen LogP contribution in [0.3, 0.4) is 0 Å². The van der Waals surface area contributed by atoms with Crippen LogP contribution in [0.2, 0.25) is 0 Å². The molecular weight excluding hydrogens is 134 g/mol. The molecule has 4 heteroatoms. The molecule has 1 aliphatic heterocycles. The number of aliphatic hydroxyl groups excluding tert-OH is 1. The molecular formula is C6H10NO3+. The molecule has 0 saturated carbocycles. The molecule has 10 heavy (non-hydrogen) atoms. The molecule has 0 aliphatic carbocycles. The first-order chi connectivity index (χ1) is 4.71. The Kier molecular flexibility index (Phi) is 1.74. The fraction of sp³-hybridized carbons (Fsp3) is 0.500. The van der Waals surface area contributed by atoms with Crippen molar-refractivity contribution in [1.82, 2.24) is 0 Å². The molecule has 0 radical (unpaired) electrons. The minimum Gasteiger partial charge on any atom is -0.435 e. The van der Waals surface area contributed by atoms with E-state index in [9.17, 15) is 4.79 Å². The van der Waals surface area contributed by atoms with Gasteiger partial charge in [-0.25, -0.2) is 0 Å². The summed E-state index contributed by atoms with van der Waals surface area (Å²) in [6.07, 6.45) is 2.57. The van der Waals surface area contributed by atoms with E-state index in [0.717, 1.165) is 0 Å². The molecule has 0 spiro atoms. The van der Waals surface area contributed by atoms with Gasteiger partial charge in [-0.15, -0.1) is 0 Å². The highest BCUT2D eigenvalue weighted by Crippen LogP contribution is 2.12. The van der Waals surface area contributed by atoms with E-state index < -0.39 is 6.09 Å². The van der Waals surface area contributed by atoms with Crippen LogP contribution in [0.25, 0.3) is 0 Å². The minimum atomic E-state index is -0.965. The summed E-state index contributed by atoms with van der Waals surface area (Å²) in [5, 5.41) is 17.4. The first-order valence-electron chi connectivity index (χ1n) is 3.07. The van der Waals surface area contributed by atoms with Gasteiger partial charge >= 0.3 is 6.09 Å². The Hall–Kier alpha value is -0.870. The van der Waals surface area contributed by atoms with Crippen LogP contribution in [0.1, 0.15) is 0 Å². The predicted octanol–water partition coefficient (Wildman–Crippen LogP) is 0.000800. The minimum absolute atomic E-state index is 0.264. The number of carboxylic acid groups (broad SMARTS) is 1. The van der Waals surface area contributed by atoms with Crippen molar-refractivity contribution in [3.05, 3.63) is 12.2 Å². The van der Waals surface area contributed by atoms with E-state index in [-0.39, 0.29) is 11.2 Å². The van der Waals surface area contributed by atoms with Crippen molar-refractivity contribution < 1.29 is 19.5 Å². The molecule has 0 aromatic carbocycles. The smallest absolute Gasteiger partial charge is 0.435 e. The van der Waals surface area contributed by atoms with Gasteiger partial charge in [0, 0.05) is 0 Å². The summed E-state index contributed by atoms with van der Waals surface area (Å²) < 4.78 is -0.264. The molecule has 1 rings (SSSR count). The van der Waals surface area contributed by atoms with Crippen LogP contribution < -0.4 is 0 Å². The monoisotopic (exact) mass is 144 g/mol. The summed E-state index contributed by atoms with van der Waals surface area (Å²) in [5.74, 6) is 0. The fourth-order valence-electron chi connectivity index (χ4n) is 0.959. The molecule has 0 atom stereocenters. The third kappa shape index (κ3) is 0.913. The maximum Gasteiger partial charge on any atom is 0.516 e. The standard InChI is InChI=1S/C6H9NO3/c8-5-7(6(9)10)3-1-2-4-7/h1-2,8H,3-5H2/p+1. The van der Waals surface area contributed by atoms with E-state index in [4.69, 9.17) is 10.2 Å². The average molecular weight is 144 g/mol. The zero-order valence-electron chi connectivity index (χ0n) is 5.53. The van der Waals surface area contributed by atoms with E-state index in [0.29, 0.717) is 13.1 Å². The molecule has 0 unspecified atom stereocenters. The predicted molar refractivity (Wildman–Crippen MR) is 34.2 cm³/mol. The number of rotatable bonds is 1. The number of carbonyl (C=O) groups is 1. The molecule has 0 saturated heterocycles. The van der Waals surface area contributed by atoms with Gasteiger partial charge in [0.25, 0.3) is 0 Å². The zero-order valence-corrected chi connectivity index (χ0v) is 5.53. The molecule has 1 amide bonds. The summed E-state index contributed by atoms with van der Waals surface area (Å²) in [7, 11) is 0. The van der Waals surface area contributed by atoms with Crippen molar-refractivity contribution in [2.45, 2.75) is 0 Å². The van der Waals surface area contributed by atoms with Crippen molar-refractivity contribution in [1.29, 1.82) is 0 Å². The molecule has 56 valence electrons. The zero-order chi connectivity index (χ0) is 7.61. The van der Waals surface area contributed by atoms with Gasteiger partial charge < -0.3 is 10.2 Å². The lowest BCUT2D eigenvalue weighted by molar-refractivity contribution is -0.860. The summed E-state index contributed by atoms with van der Waals surface area (Å²) in [6.45, 7) is 0.458. The molecule has 0 bridgehead atoms. The fourth-order valence-corrected chi connectivity index (χ4v) is 0.959. The van der Waals surface area contributed by atoms with Crippen LogP contribution in [0.15, 0.2) is 12.2 Å². The molecule has 4 nitrogen and oxygen atoms in total. The van der Waals surface area contributed by atoms with Crippen LogP contribution in [0.4, 0.5) is 4.79 Å². The quantitative estimate of drug-likeness (QED) is 0.402. The van der Waals surface area contributed by atoms with Crippen molar-refractivity contribution in [2.75, 3.05) is 19.8 Å².